The number of carboxylic acid groups (broad SMARTS) is 1. The summed E-state index contributed by atoms with van der Waals surface area (Å²) in [5, 5.41) is 14.5. The fourth-order valence-corrected chi connectivity index (χ4v) is 2.91. The minimum Gasteiger partial charge on any atom is -0.478 e. The molecule has 4 nitrogen and oxygen atoms in total. The van der Waals surface area contributed by atoms with E-state index >= 15 is 0 Å². The van der Waals surface area contributed by atoms with Gasteiger partial charge in [-0.3, -0.25) is 4.79 Å². The Morgan fingerprint density at radius 2 is 1.81 bits per heavy atom. The number of fused-ring (bicyclic) bond motifs is 1. The smallest absolute Gasteiger partial charge is 0.337 e. The maximum absolute atomic E-state index is 12.4. The Kier molecular flexibility index (Phi) is 5.05. The maximum Gasteiger partial charge on any atom is 0.337 e. The highest BCUT2D eigenvalue weighted by atomic mass is 35.5. The van der Waals surface area contributed by atoms with Gasteiger partial charge in [0, 0.05) is 16.0 Å². The Bertz CT molecular complexity index is 1040. The van der Waals surface area contributed by atoms with Crippen molar-refractivity contribution >= 4 is 46.0 Å². The molecule has 3 aromatic rings. The molecular weight excluding hydrogens is 350 g/mol. The van der Waals surface area contributed by atoms with Crippen molar-refractivity contribution in [3.8, 4) is 0 Å². The van der Waals surface area contributed by atoms with E-state index in [0.717, 1.165) is 16.3 Å². The van der Waals surface area contributed by atoms with Gasteiger partial charge in [-0.1, -0.05) is 48.0 Å². The van der Waals surface area contributed by atoms with Crippen LogP contribution < -0.4 is 5.32 Å². The van der Waals surface area contributed by atoms with Gasteiger partial charge in [-0.2, -0.15) is 0 Å². The molecule has 0 spiro atoms. The molecule has 3 rings (SSSR count). The minimum atomic E-state index is -1.09. The van der Waals surface area contributed by atoms with E-state index in [9.17, 15) is 14.7 Å². The molecule has 1 amide bonds. The summed E-state index contributed by atoms with van der Waals surface area (Å²) in [5.74, 6) is -1.45. The number of halogens is 1. The van der Waals surface area contributed by atoms with Gasteiger partial charge in [0.2, 0.25) is 0 Å². The summed E-state index contributed by atoms with van der Waals surface area (Å²) in [7, 11) is 0. The topological polar surface area (TPSA) is 66.4 Å². The molecule has 0 heterocycles. The second-order valence-corrected chi connectivity index (χ2v) is 6.26. The summed E-state index contributed by atoms with van der Waals surface area (Å²) < 4.78 is 0. The highest BCUT2D eigenvalue weighted by Gasteiger charge is 2.12. The molecule has 5 heteroatoms. The molecule has 130 valence electrons. The molecule has 0 bridgehead atoms. The Hall–Kier alpha value is -3.11. The number of anilines is 1. The van der Waals surface area contributed by atoms with Crippen molar-refractivity contribution in [2.75, 3.05) is 5.32 Å². The predicted molar refractivity (Wildman–Crippen MR) is 105 cm³/mol. The molecule has 0 saturated carbocycles. The van der Waals surface area contributed by atoms with Crippen molar-refractivity contribution in [2.24, 2.45) is 0 Å². The number of rotatable bonds is 4. The zero-order valence-electron chi connectivity index (χ0n) is 14.0. The van der Waals surface area contributed by atoms with Crippen LogP contribution in [-0.2, 0) is 4.79 Å². The molecule has 0 saturated heterocycles. The molecule has 2 N–H and O–H groups in total. The zero-order valence-corrected chi connectivity index (χ0v) is 14.7. The normalized spacial score (nSPS) is 11.4. The third kappa shape index (κ3) is 3.76. The van der Waals surface area contributed by atoms with E-state index in [1.807, 2.05) is 36.4 Å². The van der Waals surface area contributed by atoms with Gasteiger partial charge < -0.3 is 10.4 Å². The monoisotopic (exact) mass is 365 g/mol. The van der Waals surface area contributed by atoms with Crippen molar-refractivity contribution in [1.82, 2.24) is 0 Å². The van der Waals surface area contributed by atoms with Gasteiger partial charge in [0.25, 0.3) is 5.91 Å². The molecule has 0 fully saturated rings. The van der Waals surface area contributed by atoms with Crippen LogP contribution in [0.25, 0.3) is 16.8 Å². The Morgan fingerprint density at radius 3 is 2.58 bits per heavy atom. The van der Waals surface area contributed by atoms with Crippen molar-refractivity contribution in [3.63, 3.8) is 0 Å². The summed E-state index contributed by atoms with van der Waals surface area (Å²) in [4.78, 5) is 23.7. The minimum absolute atomic E-state index is 0.0500. The summed E-state index contributed by atoms with van der Waals surface area (Å²) >= 11 is 6.17. The third-order valence-electron chi connectivity index (χ3n) is 4.00. The first-order valence-corrected chi connectivity index (χ1v) is 8.34. The Morgan fingerprint density at radius 1 is 1.04 bits per heavy atom. The summed E-state index contributed by atoms with van der Waals surface area (Å²) in [5.41, 5.74) is 1.64. The number of carbonyl (C=O) groups is 2. The summed E-state index contributed by atoms with van der Waals surface area (Å²) in [6.45, 7) is 1.68. The predicted octanol–water partition coefficient (Wildman–Crippen LogP) is 5.23. The van der Waals surface area contributed by atoms with Gasteiger partial charge >= 0.3 is 5.97 Å². The van der Waals surface area contributed by atoms with E-state index in [0.29, 0.717) is 10.6 Å². The van der Waals surface area contributed by atoms with E-state index in [-0.39, 0.29) is 17.2 Å². The largest absolute Gasteiger partial charge is 0.478 e. The summed E-state index contributed by atoms with van der Waals surface area (Å²) in [6, 6.07) is 17.7. The van der Waals surface area contributed by atoms with Crippen LogP contribution in [0.1, 0.15) is 22.8 Å². The highest BCUT2D eigenvalue weighted by molar-refractivity contribution is 6.35. The van der Waals surface area contributed by atoms with Crippen LogP contribution in [0.2, 0.25) is 5.02 Å². The molecule has 0 atom stereocenters. The van der Waals surface area contributed by atoms with Crippen LogP contribution in [0, 0.1) is 0 Å². The Labute approximate surface area is 155 Å². The first-order chi connectivity index (χ1) is 12.5. The lowest BCUT2D eigenvalue weighted by Crippen LogP contribution is -2.15. The first-order valence-electron chi connectivity index (χ1n) is 7.96. The standard InChI is InChI=1S/C21H16ClNO3/c1-13(20(24)23-19-8-3-2-6-17(19)21(25)26)11-14-9-10-16-15(12-14)5-4-7-18(16)22/h2-12H,1H3,(H,23,24)(H,25,26)/b13-11+. The summed E-state index contributed by atoms with van der Waals surface area (Å²) in [6.07, 6.45) is 1.75. The van der Waals surface area contributed by atoms with Crippen molar-refractivity contribution < 1.29 is 14.7 Å². The molecule has 0 aromatic heterocycles. The van der Waals surface area contributed by atoms with Crippen LogP contribution in [-0.4, -0.2) is 17.0 Å². The van der Waals surface area contributed by atoms with Crippen molar-refractivity contribution in [2.45, 2.75) is 6.92 Å². The van der Waals surface area contributed by atoms with Crippen LogP contribution in [0.5, 0.6) is 0 Å². The molecule has 0 radical (unpaired) electrons. The molecule has 0 aliphatic rings. The number of para-hydroxylation sites is 1. The second kappa shape index (κ2) is 7.42. The van der Waals surface area contributed by atoms with Crippen LogP contribution in [0.15, 0.2) is 66.2 Å². The molecule has 0 unspecified atom stereocenters. The molecule has 3 aromatic carbocycles. The van der Waals surface area contributed by atoms with Gasteiger partial charge in [0.1, 0.15) is 0 Å². The lowest BCUT2D eigenvalue weighted by atomic mass is 10.0. The number of amides is 1. The fourth-order valence-electron chi connectivity index (χ4n) is 2.67. The average Bonchev–Trinajstić information content (AvgIpc) is 2.62. The average molecular weight is 366 g/mol. The van der Waals surface area contributed by atoms with E-state index in [2.05, 4.69) is 5.32 Å². The van der Waals surface area contributed by atoms with Crippen LogP contribution in [0.3, 0.4) is 0 Å². The van der Waals surface area contributed by atoms with E-state index in [1.165, 1.54) is 6.07 Å². The van der Waals surface area contributed by atoms with Gasteiger partial charge in [0.15, 0.2) is 0 Å². The zero-order chi connectivity index (χ0) is 18.7. The third-order valence-corrected chi connectivity index (χ3v) is 4.33. The number of nitrogens with one attached hydrogen (secondary N) is 1. The number of benzene rings is 3. The number of hydrogen-bond acceptors (Lipinski definition) is 2. The fraction of sp³-hybridized carbons (Fsp3) is 0.0476. The highest BCUT2D eigenvalue weighted by Crippen LogP contribution is 2.25. The maximum atomic E-state index is 12.4. The number of carbonyl (C=O) groups excluding carboxylic acids is 1. The van der Waals surface area contributed by atoms with E-state index < -0.39 is 5.97 Å². The van der Waals surface area contributed by atoms with Crippen molar-refractivity contribution in [1.29, 1.82) is 0 Å². The van der Waals surface area contributed by atoms with Crippen molar-refractivity contribution in [3.05, 3.63) is 82.4 Å². The molecule has 0 aliphatic carbocycles. The number of hydrogen-bond donors (Lipinski definition) is 2. The lowest BCUT2D eigenvalue weighted by molar-refractivity contribution is -0.112. The first kappa shape index (κ1) is 17.7. The quantitative estimate of drug-likeness (QED) is 0.622. The number of carboxylic acids is 1. The second-order valence-electron chi connectivity index (χ2n) is 5.85. The molecule has 26 heavy (non-hydrogen) atoms. The van der Waals surface area contributed by atoms with Gasteiger partial charge in [-0.25, -0.2) is 4.79 Å². The van der Waals surface area contributed by atoms with Crippen LogP contribution >= 0.6 is 11.6 Å². The van der Waals surface area contributed by atoms with Crippen LogP contribution in [0.4, 0.5) is 5.69 Å². The van der Waals surface area contributed by atoms with Gasteiger partial charge in [-0.15, -0.1) is 0 Å². The molecule has 0 aliphatic heterocycles. The number of aromatic carboxylic acids is 1. The van der Waals surface area contributed by atoms with Gasteiger partial charge in [0.05, 0.1) is 11.3 Å². The van der Waals surface area contributed by atoms with E-state index in [4.69, 9.17) is 11.6 Å². The SMILES string of the molecule is C/C(=C\c1ccc2c(Cl)cccc2c1)C(=O)Nc1ccccc1C(=O)O. The Balaban J connectivity index is 1.86. The lowest BCUT2D eigenvalue weighted by Gasteiger charge is -2.09. The molecular formula is C21H16ClNO3. The van der Waals surface area contributed by atoms with Gasteiger partial charge in [-0.05, 0) is 48.2 Å². The van der Waals surface area contributed by atoms with E-state index in [1.54, 1.807) is 31.2 Å².